The lowest BCUT2D eigenvalue weighted by molar-refractivity contribution is -0.137. The van der Waals surface area contributed by atoms with Gasteiger partial charge in [0.25, 0.3) is 5.89 Å². The first-order valence-electron chi connectivity index (χ1n) is 6.73. The SMILES string of the molecule is CN1CCNCC1c1noc(-c2ccc(C(F)(F)F)cn2)n1. The van der Waals surface area contributed by atoms with Gasteiger partial charge in [-0.3, -0.25) is 9.88 Å². The number of nitrogens with one attached hydrogen (secondary N) is 1. The van der Waals surface area contributed by atoms with Crippen LogP contribution in [-0.2, 0) is 6.18 Å². The standard InChI is InChI=1S/C13H14F3N5O/c1-21-5-4-17-7-10(21)11-19-12(22-20-11)9-3-2-8(6-18-9)13(14,15)16/h2-3,6,10,17H,4-5,7H2,1H3. The van der Waals surface area contributed by atoms with Crippen molar-refractivity contribution in [1.82, 2.24) is 25.3 Å². The topological polar surface area (TPSA) is 67.1 Å². The molecule has 0 aliphatic carbocycles. The molecule has 3 rings (SSSR count). The zero-order chi connectivity index (χ0) is 15.7. The number of piperazine rings is 1. The first-order chi connectivity index (χ1) is 10.4. The Morgan fingerprint density at radius 3 is 2.82 bits per heavy atom. The smallest absolute Gasteiger partial charge is 0.332 e. The van der Waals surface area contributed by atoms with Crippen molar-refractivity contribution in [3.63, 3.8) is 0 Å². The Bertz CT molecular complexity index is 640. The highest BCUT2D eigenvalue weighted by Gasteiger charge is 2.31. The summed E-state index contributed by atoms with van der Waals surface area (Å²) in [4.78, 5) is 10.1. The molecule has 0 spiro atoms. The molecule has 3 heterocycles. The molecule has 1 saturated heterocycles. The number of nitrogens with zero attached hydrogens (tertiary/aromatic N) is 4. The van der Waals surface area contributed by atoms with Crippen LogP contribution in [0.2, 0.25) is 0 Å². The number of rotatable bonds is 2. The normalized spacial score (nSPS) is 20.3. The summed E-state index contributed by atoms with van der Waals surface area (Å²) in [6, 6.07) is 2.14. The third-order valence-corrected chi connectivity index (χ3v) is 3.56. The Morgan fingerprint density at radius 2 is 2.18 bits per heavy atom. The van der Waals surface area contributed by atoms with E-state index in [1.807, 2.05) is 7.05 Å². The van der Waals surface area contributed by atoms with Gasteiger partial charge in [0.15, 0.2) is 5.82 Å². The summed E-state index contributed by atoms with van der Waals surface area (Å²) in [5, 5.41) is 7.14. The summed E-state index contributed by atoms with van der Waals surface area (Å²) in [7, 11) is 1.96. The highest BCUT2D eigenvalue weighted by Crippen LogP contribution is 2.29. The van der Waals surface area contributed by atoms with E-state index >= 15 is 0 Å². The van der Waals surface area contributed by atoms with Crippen LogP contribution in [0.3, 0.4) is 0 Å². The lowest BCUT2D eigenvalue weighted by Gasteiger charge is -2.30. The maximum Gasteiger partial charge on any atom is 0.417 e. The largest absolute Gasteiger partial charge is 0.417 e. The molecular formula is C13H14F3N5O. The predicted molar refractivity (Wildman–Crippen MR) is 70.8 cm³/mol. The lowest BCUT2D eigenvalue weighted by Crippen LogP contribution is -2.44. The molecule has 1 aliphatic heterocycles. The maximum atomic E-state index is 12.5. The van der Waals surface area contributed by atoms with Gasteiger partial charge in [-0.1, -0.05) is 5.16 Å². The third-order valence-electron chi connectivity index (χ3n) is 3.56. The molecule has 22 heavy (non-hydrogen) atoms. The van der Waals surface area contributed by atoms with E-state index in [9.17, 15) is 13.2 Å². The highest BCUT2D eigenvalue weighted by molar-refractivity contribution is 5.46. The van der Waals surface area contributed by atoms with Gasteiger partial charge < -0.3 is 9.84 Å². The molecule has 0 radical (unpaired) electrons. The quantitative estimate of drug-likeness (QED) is 0.911. The highest BCUT2D eigenvalue weighted by atomic mass is 19.4. The van der Waals surface area contributed by atoms with E-state index in [-0.39, 0.29) is 17.6 Å². The van der Waals surface area contributed by atoms with Crippen molar-refractivity contribution in [2.45, 2.75) is 12.2 Å². The molecule has 1 N–H and O–H groups in total. The Balaban J connectivity index is 1.81. The van der Waals surface area contributed by atoms with Crippen molar-refractivity contribution in [1.29, 1.82) is 0 Å². The number of halogens is 3. The Morgan fingerprint density at radius 1 is 1.36 bits per heavy atom. The molecule has 0 amide bonds. The van der Waals surface area contributed by atoms with Crippen molar-refractivity contribution >= 4 is 0 Å². The van der Waals surface area contributed by atoms with Gasteiger partial charge in [0.1, 0.15) is 5.69 Å². The van der Waals surface area contributed by atoms with Crippen LogP contribution in [0.4, 0.5) is 13.2 Å². The van der Waals surface area contributed by atoms with E-state index in [1.54, 1.807) is 0 Å². The molecule has 1 unspecified atom stereocenters. The van der Waals surface area contributed by atoms with Crippen LogP contribution in [0.15, 0.2) is 22.9 Å². The fraction of sp³-hybridized carbons (Fsp3) is 0.462. The number of hydrogen-bond donors (Lipinski definition) is 1. The minimum absolute atomic E-state index is 0.0271. The minimum atomic E-state index is -4.41. The molecule has 2 aromatic rings. The van der Waals surface area contributed by atoms with Gasteiger partial charge in [0.2, 0.25) is 0 Å². The Labute approximate surface area is 124 Å². The second-order valence-electron chi connectivity index (χ2n) is 5.09. The molecule has 1 fully saturated rings. The first kappa shape index (κ1) is 14.9. The van der Waals surface area contributed by atoms with Crippen LogP contribution in [0, 0.1) is 0 Å². The minimum Gasteiger partial charge on any atom is -0.332 e. The van der Waals surface area contributed by atoms with Gasteiger partial charge in [0.05, 0.1) is 11.6 Å². The summed E-state index contributed by atoms with van der Waals surface area (Å²) in [5.41, 5.74) is -0.592. The van der Waals surface area contributed by atoms with Gasteiger partial charge in [-0.25, -0.2) is 0 Å². The van der Waals surface area contributed by atoms with Gasteiger partial charge in [-0.05, 0) is 19.2 Å². The van der Waals surface area contributed by atoms with E-state index < -0.39 is 11.7 Å². The van der Waals surface area contributed by atoms with Crippen LogP contribution in [0.25, 0.3) is 11.6 Å². The maximum absolute atomic E-state index is 12.5. The van der Waals surface area contributed by atoms with Crippen LogP contribution in [0.5, 0.6) is 0 Å². The van der Waals surface area contributed by atoms with Crippen molar-refractivity contribution in [2.24, 2.45) is 0 Å². The van der Waals surface area contributed by atoms with Crippen molar-refractivity contribution in [2.75, 3.05) is 26.7 Å². The van der Waals surface area contributed by atoms with Crippen molar-refractivity contribution < 1.29 is 17.7 Å². The van der Waals surface area contributed by atoms with E-state index in [4.69, 9.17) is 4.52 Å². The molecule has 0 saturated carbocycles. The average molecular weight is 313 g/mol. The predicted octanol–water partition coefficient (Wildman–Crippen LogP) is 1.73. The molecule has 0 bridgehead atoms. The molecule has 1 aliphatic rings. The fourth-order valence-electron chi connectivity index (χ4n) is 2.26. The zero-order valence-corrected chi connectivity index (χ0v) is 11.8. The lowest BCUT2D eigenvalue weighted by atomic mass is 10.2. The number of aromatic nitrogens is 3. The van der Waals surface area contributed by atoms with Crippen LogP contribution < -0.4 is 5.32 Å². The Kier molecular flexibility index (Phi) is 3.83. The second kappa shape index (κ2) is 5.65. The molecule has 1 atom stereocenters. The van der Waals surface area contributed by atoms with Crippen molar-refractivity contribution in [3.8, 4) is 11.6 Å². The summed E-state index contributed by atoms with van der Waals surface area (Å²) in [6.45, 7) is 2.43. The molecule has 6 nitrogen and oxygen atoms in total. The molecule has 118 valence electrons. The van der Waals surface area contributed by atoms with E-state index in [2.05, 4.69) is 25.3 Å². The van der Waals surface area contributed by atoms with E-state index in [0.717, 1.165) is 25.4 Å². The zero-order valence-electron chi connectivity index (χ0n) is 11.8. The van der Waals surface area contributed by atoms with Crippen molar-refractivity contribution in [3.05, 3.63) is 29.7 Å². The van der Waals surface area contributed by atoms with Gasteiger partial charge in [0, 0.05) is 25.8 Å². The molecular weight excluding hydrogens is 299 g/mol. The average Bonchev–Trinajstić information content (AvgIpc) is 2.96. The fourth-order valence-corrected chi connectivity index (χ4v) is 2.26. The second-order valence-corrected chi connectivity index (χ2v) is 5.09. The number of likely N-dealkylation sites (N-methyl/N-ethyl adjacent to an activating group) is 1. The summed E-state index contributed by atoms with van der Waals surface area (Å²) in [5.74, 6) is 0.606. The van der Waals surface area contributed by atoms with Gasteiger partial charge >= 0.3 is 6.18 Å². The summed E-state index contributed by atoms with van der Waals surface area (Å²) in [6.07, 6.45) is -3.66. The molecule has 9 heteroatoms. The van der Waals surface area contributed by atoms with Crippen LogP contribution in [0.1, 0.15) is 17.4 Å². The third kappa shape index (κ3) is 2.95. The summed E-state index contributed by atoms with van der Waals surface area (Å²) < 4.78 is 42.6. The monoisotopic (exact) mass is 313 g/mol. The number of hydrogen-bond acceptors (Lipinski definition) is 6. The Hall–Kier alpha value is -2.00. The number of alkyl halides is 3. The van der Waals surface area contributed by atoms with E-state index in [0.29, 0.717) is 12.4 Å². The number of pyridine rings is 1. The van der Waals surface area contributed by atoms with Gasteiger partial charge in [-0.15, -0.1) is 0 Å². The molecule has 0 aromatic carbocycles. The van der Waals surface area contributed by atoms with Crippen LogP contribution >= 0.6 is 0 Å². The van der Waals surface area contributed by atoms with Crippen LogP contribution in [-0.4, -0.2) is 46.7 Å². The summed E-state index contributed by atoms with van der Waals surface area (Å²) >= 11 is 0. The first-order valence-corrected chi connectivity index (χ1v) is 6.73. The van der Waals surface area contributed by atoms with Gasteiger partial charge in [-0.2, -0.15) is 18.2 Å². The molecule has 2 aromatic heterocycles. The van der Waals surface area contributed by atoms with E-state index in [1.165, 1.54) is 6.07 Å².